The molecular formula is C16H19FN2OS. The van der Waals surface area contributed by atoms with Gasteiger partial charge in [0.15, 0.2) is 0 Å². The molecule has 1 N–H and O–H groups in total. The third-order valence-corrected chi connectivity index (χ3v) is 4.42. The molecule has 0 radical (unpaired) electrons. The van der Waals surface area contributed by atoms with E-state index in [0.717, 1.165) is 22.7 Å². The number of halogens is 1. The predicted molar refractivity (Wildman–Crippen MR) is 83.0 cm³/mol. The molecule has 1 heterocycles. The standard InChI is InChI=1S/C16H19FN2OS/c1-11-12(2)21-16(19-11)9-10-18-15(20)8-5-13-3-6-14(17)7-4-13/h3-4,6-7H,5,8-10H2,1-2H3,(H,18,20). The van der Waals surface area contributed by atoms with E-state index in [2.05, 4.69) is 17.2 Å². The molecule has 0 saturated carbocycles. The Hall–Kier alpha value is -1.75. The van der Waals surface area contributed by atoms with E-state index in [1.807, 2.05) is 6.92 Å². The number of nitrogens with one attached hydrogen (secondary N) is 1. The summed E-state index contributed by atoms with van der Waals surface area (Å²) in [5.74, 6) is -0.235. The van der Waals surface area contributed by atoms with Gasteiger partial charge in [-0.2, -0.15) is 0 Å². The first-order valence-corrected chi connectivity index (χ1v) is 7.80. The van der Waals surface area contributed by atoms with Gasteiger partial charge in [-0.05, 0) is 38.0 Å². The van der Waals surface area contributed by atoms with Gasteiger partial charge in [0.05, 0.1) is 10.7 Å². The molecule has 0 aliphatic heterocycles. The van der Waals surface area contributed by atoms with Crippen LogP contribution in [0.25, 0.3) is 0 Å². The molecule has 0 atom stereocenters. The van der Waals surface area contributed by atoms with Gasteiger partial charge in [-0.15, -0.1) is 11.3 Å². The smallest absolute Gasteiger partial charge is 0.220 e. The summed E-state index contributed by atoms with van der Waals surface area (Å²) in [6.07, 6.45) is 1.81. The summed E-state index contributed by atoms with van der Waals surface area (Å²) in [5, 5.41) is 3.95. The molecule has 1 aromatic heterocycles. The maximum atomic E-state index is 12.8. The van der Waals surface area contributed by atoms with Gasteiger partial charge in [-0.1, -0.05) is 12.1 Å². The fourth-order valence-corrected chi connectivity index (χ4v) is 2.89. The first kappa shape index (κ1) is 15.6. The lowest BCUT2D eigenvalue weighted by atomic mass is 10.1. The van der Waals surface area contributed by atoms with E-state index in [9.17, 15) is 9.18 Å². The van der Waals surface area contributed by atoms with E-state index >= 15 is 0 Å². The van der Waals surface area contributed by atoms with E-state index in [-0.39, 0.29) is 11.7 Å². The number of aryl methyl sites for hydroxylation is 3. The zero-order valence-electron chi connectivity index (χ0n) is 12.3. The minimum absolute atomic E-state index is 0.0179. The summed E-state index contributed by atoms with van der Waals surface area (Å²) >= 11 is 1.68. The van der Waals surface area contributed by atoms with Crippen molar-refractivity contribution in [3.8, 4) is 0 Å². The van der Waals surface area contributed by atoms with Crippen LogP contribution in [0.15, 0.2) is 24.3 Å². The number of rotatable bonds is 6. The highest BCUT2D eigenvalue weighted by atomic mass is 32.1. The Morgan fingerprint density at radius 1 is 1.24 bits per heavy atom. The van der Waals surface area contributed by atoms with Crippen LogP contribution in [0.5, 0.6) is 0 Å². The second-order valence-electron chi connectivity index (χ2n) is 4.98. The predicted octanol–water partition coefficient (Wildman–Crippen LogP) is 3.19. The van der Waals surface area contributed by atoms with Crippen molar-refractivity contribution in [1.82, 2.24) is 10.3 Å². The first-order valence-electron chi connectivity index (χ1n) is 6.98. The van der Waals surface area contributed by atoms with Crippen LogP contribution in [0.1, 0.15) is 27.6 Å². The molecule has 21 heavy (non-hydrogen) atoms. The number of carbonyl (C=O) groups is 1. The Balaban J connectivity index is 1.69. The lowest BCUT2D eigenvalue weighted by molar-refractivity contribution is -0.121. The highest BCUT2D eigenvalue weighted by Crippen LogP contribution is 2.16. The Morgan fingerprint density at radius 2 is 1.95 bits per heavy atom. The van der Waals surface area contributed by atoms with Crippen molar-refractivity contribution in [3.63, 3.8) is 0 Å². The third-order valence-electron chi connectivity index (χ3n) is 3.29. The van der Waals surface area contributed by atoms with Gasteiger partial charge in [0.2, 0.25) is 5.91 Å². The fraction of sp³-hybridized carbons (Fsp3) is 0.375. The number of benzene rings is 1. The van der Waals surface area contributed by atoms with E-state index in [4.69, 9.17) is 0 Å². The fourth-order valence-electron chi connectivity index (χ4n) is 1.95. The number of amides is 1. The molecule has 5 heteroatoms. The second kappa shape index (κ2) is 7.31. The van der Waals surface area contributed by atoms with Crippen molar-refractivity contribution in [2.24, 2.45) is 0 Å². The highest BCUT2D eigenvalue weighted by molar-refractivity contribution is 7.11. The van der Waals surface area contributed by atoms with Crippen molar-refractivity contribution in [2.45, 2.75) is 33.1 Å². The van der Waals surface area contributed by atoms with Crippen LogP contribution in [0.2, 0.25) is 0 Å². The molecule has 0 unspecified atom stereocenters. The average Bonchev–Trinajstić information content (AvgIpc) is 2.77. The molecule has 2 rings (SSSR count). The molecule has 112 valence electrons. The molecule has 1 amide bonds. The summed E-state index contributed by atoms with van der Waals surface area (Å²) in [7, 11) is 0. The van der Waals surface area contributed by atoms with Crippen molar-refractivity contribution >= 4 is 17.2 Å². The molecule has 0 saturated heterocycles. The number of aromatic nitrogens is 1. The number of nitrogens with zero attached hydrogens (tertiary/aromatic N) is 1. The van der Waals surface area contributed by atoms with Gasteiger partial charge in [-0.3, -0.25) is 4.79 Å². The zero-order chi connectivity index (χ0) is 15.2. The Kier molecular flexibility index (Phi) is 5.44. The monoisotopic (exact) mass is 306 g/mol. The SMILES string of the molecule is Cc1nc(CCNC(=O)CCc2ccc(F)cc2)sc1C. The maximum absolute atomic E-state index is 12.8. The molecule has 0 bridgehead atoms. The van der Waals surface area contributed by atoms with Gasteiger partial charge in [0, 0.05) is 24.3 Å². The van der Waals surface area contributed by atoms with Crippen LogP contribution < -0.4 is 5.32 Å². The minimum atomic E-state index is -0.253. The summed E-state index contributed by atoms with van der Waals surface area (Å²) in [5.41, 5.74) is 2.04. The molecule has 0 aliphatic rings. The normalized spacial score (nSPS) is 10.6. The van der Waals surface area contributed by atoms with E-state index < -0.39 is 0 Å². The number of hydrogen-bond acceptors (Lipinski definition) is 3. The van der Waals surface area contributed by atoms with Gasteiger partial charge >= 0.3 is 0 Å². The summed E-state index contributed by atoms with van der Waals surface area (Å²) in [6, 6.07) is 6.26. The summed E-state index contributed by atoms with van der Waals surface area (Å²) < 4.78 is 12.8. The van der Waals surface area contributed by atoms with Crippen LogP contribution in [0.3, 0.4) is 0 Å². The molecule has 0 spiro atoms. The zero-order valence-corrected chi connectivity index (χ0v) is 13.1. The van der Waals surface area contributed by atoms with E-state index in [1.54, 1.807) is 23.5 Å². The van der Waals surface area contributed by atoms with Gasteiger partial charge < -0.3 is 5.32 Å². The Labute approximate surface area is 128 Å². The van der Waals surface area contributed by atoms with Crippen LogP contribution in [0, 0.1) is 19.7 Å². The molecule has 2 aromatic rings. The minimum Gasteiger partial charge on any atom is -0.356 e. The number of carbonyl (C=O) groups excluding carboxylic acids is 1. The van der Waals surface area contributed by atoms with Crippen LogP contribution in [0.4, 0.5) is 4.39 Å². The average molecular weight is 306 g/mol. The van der Waals surface area contributed by atoms with Crippen LogP contribution >= 0.6 is 11.3 Å². The maximum Gasteiger partial charge on any atom is 0.220 e. The van der Waals surface area contributed by atoms with Crippen molar-refractivity contribution < 1.29 is 9.18 Å². The quantitative estimate of drug-likeness (QED) is 0.890. The van der Waals surface area contributed by atoms with E-state index in [0.29, 0.717) is 19.4 Å². The molecule has 3 nitrogen and oxygen atoms in total. The second-order valence-corrected chi connectivity index (χ2v) is 6.26. The Bertz CT molecular complexity index is 588. The molecular weight excluding hydrogens is 287 g/mol. The molecule has 0 aliphatic carbocycles. The summed E-state index contributed by atoms with van der Waals surface area (Å²) in [6.45, 7) is 4.66. The lowest BCUT2D eigenvalue weighted by Crippen LogP contribution is -2.25. The van der Waals surface area contributed by atoms with Gasteiger partial charge in [0.1, 0.15) is 5.82 Å². The molecule has 0 fully saturated rings. The molecule has 1 aromatic carbocycles. The topological polar surface area (TPSA) is 42.0 Å². The van der Waals surface area contributed by atoms with Gasteiger partial charge in [-0.25, -0.2) is 9.37 Å². The van der Waals surface area contributed by atoms with E-state index in [1.165, 1.54) is 17.0 Å². The van der Waals surface area contributed by atoms with Crippen molar-refractivity contribution in [1.29, 1.82) is 0 Å². The Morgan fingerprint density at radius 3 is 2.57 bits per heavy atom. The van der Waals surface area contributed by atoms with Crippen molar-refractivity contribution in [3.05, 3.63) is 51.2 Å². The first-order chi connectivity index (χ1) is 10.0. The van der Waals surface area contributed by atoms with Crippen LogP contribution in [-0.4, -0.2) is 17.4 Å². The highest BCUT2D eigenvalue weighted by Gasteiger charge is 2.05. The third kappa shape index (κ3) is 4.93. The van der Waals surface area contributed by atoms with Crippen molar-refractivity contribution in [2.75, 3.05) is 6.54 Å². The number of thiazole rings is 1. The lowest BCUT2D eigenvalue weighted by Gasteiger charge is -2.04. The number of hydrogen-bond donors (Lipinski definition) is 1. The van der Waals surface area contributed by atoms with Crippen LogP contribution in [-0.2, 0) is 17.6 Å². The van der Waals surface area contributed by atoms with Gasteiger partial charge in [0.25, 0.3) is 0 Å². The summed E-state index contributed by atoms with van der Waals surface area (Å²) in [4.78, 5) is 17.4. The largest absolute Gasteiger partial charge is 0.356 e.